The molecule has 29 heavy (non-hydrogen) atoms. The maximum atomic E-state index is 6.14. The highest BCUT2D eigenvalue weighted by atomic mass is 127. The van der Waals surface area contributed by atoms with Gasteiger partial charge in [-0.3, -0.25) is 0 Å². The minimum Gasteiger partial charge on any atom is -0.373 e. The number of aryl methyl sites for hydroxylation is 2. The molecule has 0 aliphatic carbocycles. The summed E-state index contributed by atoms with van der Waals surface area (Å²) in [6, 6.07) is 8.70. The average molecular weight is 512 g/mol. The molecular formula is C21H33IN6O. The Morgan fingerprint density at radius 1 is 1.24 bits per heavy atom. The van der Waals surface area contributed by atoms with Crippen LogP contribution >= 0.6 is 24.0 Å². The third-order valence-corrected chi connectivity index (χ3v) is 5.14. The van der Waals surface area contributed by atoms with E-state index in [2.05, 4.69) is 70.9 Å². The molecule has 1 fully saturated rings. The Morgan fingerprint density at radius 2 is 2.03 bits per heavy atom. The number of hydrogen-bond donors (Lipinski definition) is 2. The Hall–Kier alpha value is -1.68. The van der Waals surface area contributed by atoms with Gasteiger partial charge < -0.3 is 19.9 Å². The number of halogens is 1. The summed E-state index contributed by atoms with van der Waals surface area (Å²) in [5.41, 5.74) is 2.53. The molecule has 1 aromatic heterocycles. The Balaban J connectivity index is 0.00000300. The molecule has 1 aromatic carbocycles. The zero-order valence-corrected chi connectivity index (χ0v) is 19.9. The molecule has 0 saturated carbocycles. The lowest BCUT2D eigenvalue weighted by Gasteiger charge is -2.32. The Morgan fingerprint density at radius 3 is 2.76 bits per heavy atom. The fourth-order valence-electron chi connectivity index (χ4n) is 3.56. The van der Waals surface area contributed by atoms with Crippen molar-refractivity contribution in [3.8, 4) is 0 Å². The highest BCUT2D eigenvalue weighted by Gasteiger charge is 2.27. The predicted octanol–water partition coefficient (Wildman–Crippen LogP) is 3.45. The summed E-state index contributed by atoms with van der Waals surface area (Å²) in [6.45, 7) is 10.1. The van der Waals surface area contributed by atoms with Gasteiger partial charge in [0.1, 0.15) is 12.9 Å². The molecule has 0 bridgehead atoms. The molecule has 0 amide bonds. The van der Waals surface area contributed by atoms with Crippen molar-refractivity contribution in [1.82, 2.24) is 25.4 Å². The lowest BCUT2D eigenvalue weighted by molar-refractivity contribution is -0.0265. The monoisotopic (exact) mass is 512 g/mol. The molecule has 7 nitrogen and oxygen atoms in total. The number of hydrogen-bond acceptors (Lipinski definition) is 4. The molecule has 8 heteroatoms. The number of ether oxygens (including phenoxy) is 1. The van der Waals surface area contributed by atoms with Crippen LogP contribution in [0.25, 0.3) is 0 Å². The third-order valence-electron chi connectivity index (χ3n) is 5.14. The van der Waals surface area contributed by atoms with Crippen molar-refractivity contribution in [2.45, 2.75) is 52.8 Å². The van der Waals surface area contributed by atoms with Crippen LogP contribution < -0.4 is 10.6 Å². The molecule has 160 valence electrons. The van der Waals surface area contributed by atoms with Crippen molar-refractivity contribution in [3.05, 3.63) is 47.5 Å². The Labute approximate surface area is 190 Å². The minimum atomic E-state index is 0. The molecule has 2 heterocycles. The Kier molecular flexibility index (Phi) is 9.86. The van der Waals surface area contributed by atoms with Gasteiger partial charge in [0.05, 0.1) is 6.10 Å². The maximum absolute atomic E-state index is 6.14. The number of rotatable bonds is 7. The summed E-state index contributed by atoms with van der Waals surface area (Å²) in [7, 11) is 0. The number of nitrogens with zero attached hydrogens (tertiary/aromatic N) is 4. The number of nitrogens with one attached hydrogen (secondary N) is 2. The first-order valence-corrected chi connectivity index (χ1v) is 10.3. The first kappa shape index (κ1) is 23.6. The number of guanidine groups is 1. The standard InChI is InChI=1S/C21H32N6O.HI/c1-4-22-21(24-14-19-26-25-15-27(19)5-2)23-13-18-7-6-12-28-20(18)17-10-8-16(3)9-11-17;/h8-11,15,18,20H,4-7,12-14H2,1-3H3,(H2,22,23,24);1H. The van der Waals surface area contributed by atoms with E-state index in [1.807, 2.05) is 4.57 Å². The van der Waals surface area contributed by atoms with Gasteiger partial charge in [-0.25, -0.2) is 4.99 Å². The van der Waals surface area contributed by atoms with E-state index in [1.54, 1.807) is 6.33 Å². The van der Waals surface area contributed by atoms with Gasteiger partial charge in [0, 0.05) is 32.2 Å². The van der Waals surface area contributed by atoms with E-state index in [0.29, 0.717) is 12.5 Å². The van der Waals surface area contributed by atoms with Gasteiger partial charge in [-0.1, -0.05) is 29.8 Å². The van der Waals surface area contributed by atoms with Crippen LogP contribution in [0.4, 0.5) is 0 Å². The summed E-state index contributed by atoms with van der Waals surface area (Å²) in [5.74, 6) is 2.10. The van der Waals surface area contributed by atoms with E-state index < -0.39 is 0 Å². The Bertz CT molecular complexity index is 761. The second-order valence-electron chi connectivity index (χ2n) is 7.21. The first-order chi connectivity index (χ1) is 13.7. The van der Waals surface area contributed by atoms with Crippen molar-refractivity contribution in [2.24, 2.45) is 10.9 Å². The number of benzene rings is 1. The van der Waals surface area contributed by atoms with Gasteiger partial charge in [0.25, 0.3) is 0 Å². The van der Waals surface area contributed by atoms with Crippen LogP contribution in [0.1, 0.15) is 49.7 Å². The van der Waals surface area contributed by atoms with Crippen LogP contribution in [0.3, 0.4) is 0 Å². The van der Waals surface area contributed by atoms with E-state index in [1.165, 1.54) is 11.1 Å². The summed E-state index contributed by atoms with van der Waals surface area (Å²) >= 11 is 0. The minimum absolute atomic E-state index is 0. The zero-order valence-electron chi connectivity index (χ0n) is 17.6. The zero-order chi connectivity index (χ0) is 19.8. The largest absolute Gasteiger partial charge is 0.373 e. The molecule has 2 atom stereocenters. The molecule has 1 aliphatic heterocycles. The highest BCUT2D eigenvalue weighted by Crippen LogP contribution is 2.33. The molecule has 2 aromatic rings. The van der Waals surface area contributed by atoms with E-state index in [9.17, 15) is 0 Å². The number of aliphatic imine (C=N–C) groups is 1. The molecule has 3 rings (SSSR count). The van der Waals surface area contributed by atoms with Gasteiger partial charge in [0.15, 0.2) is 11.8 Å². The number of aromatic nitrogens is 3. The smallest absolute Gasteiger partial charge is 0.191 e. The van der Waals surface area contributed by atoms with Gasteiger partial charge in [-0.15, -0.1) is 34.2 Å². The molecule has 0 spiro atoms. The highest BCUT2D eigenvalue weighted by molar-refractivity contribution is 14.0. The van der Waals surface area contributed by atoms with Crippen molar-refractivity contribution >= 4 is 29.9 Å². The first-order valence-electron chi connectivity index (χ1n) is 10.3. The van der Waals surface area contributed by atoms with E-state index in [-0.39, 0.29) is 30.1 Å². The van der Waals surface area contributed by atoms with Crippen molar-refractivity contribution in [1.29, 1.82) is 0 Å². The summed E-state index contributed by atoms with van der Waals surface area (Å²) in [6.07, 6.45) is 4.13. The van der Waals surface area contributed by atoms with E-state index in [4.69, 9.17) is 4.74 Å². The van der Waals surface area contributed by atoms with Crippen molar-refractivity contribution < 1.29 is 4.74 Å². The molecule has 1 saturated heterocycles. The van der Waals surface area contributed by atoms with Crippen LogP contribution in [-0.2, 0) is 17.8 Å². The van der Waals surface area contributed by atoms with Crippen LogP contribution in [0, 0.1) is 12.8 Å². The van der Waals surface area contributed by atoms with Crippen LogP contribution in [0.15, 0.2) is 35.6 Å². The molecular weight excluding hydrogens is 479 g/mol. The van der Waals surface area contributed by atoms with Gasteiger partial charge in [-0.05, 0) is 39.2 Å². The van der Waals surface area contributed by atoms with Crippen LogP contribution in [0.2, 0.25) is 0 Å². The SMILES string of the molecule is CCNC(=NCc1nncn1CC)NCC1CCCOC1c1ccc(C)cc1.I. The molecule has 2 N–H and O–H groups in total. The van der Waals surface area contributed by atoms with E-state index >= 15 is 0 Å². The third kappa shape index (κ3) is 6.67. The van der Waals surface area contributed by atoms with Gasteiger partial charge >= 0.3 is 0 Å². The van der Waals surface area contributed by atoms with Crippen molar-refractivity contribution in [2.75, 3.05) is 19.7 Å². The molecule has 2 unspecified atom stereocenters. The van der Waals surface area contributed by atoms with Crippen LogP contribution in [0.5, 0.6) is 0 Å². The summed E-state index contributed by atoms with van der Waals surface area (Å²) in [5, 5.41) is 15.0. The average Bonchev–Trinajstić information content (AvgIpc) is 3.18. The topological polar surface area (TPSA) is 76.4 Å². The second kappa shape index (κ2) is 12.1. The second-order valence-corrected chi connectivity index (χ2v) is 7.21. The molecule has 1 aliphatic rings. The summed E-state index contributed by atoms with van der Waals surface area (Å²) in [4.78, 5) is 4.69. The fraction of sp³-hybridized carbons (Fsp3) is 0.571. The lowest BCUT2D eigenvalue weighted by atomic mass is 9.89. The van der Waals surface area contributed by atoms with Gasteiger partial charge in [0.2, 0.25) is 0 Å². The quantitative estimate of drug-likeness (QED) is 0.338. The van der Waals surface area contributed by atoms with Gasteiger partial charge in [-0.2, -0.15) is 0 Å². The molecule has 0 radical (unpaired) electrons. The fourth-order valence-corrected chi connectivity index (χ4v) is 3.56. The maximum Gasteiger partial charge on any atom is 0.191 e. The summed E-state index contributed by atoms with van der Waals surface area (Å²) < 4.78 is 8.15. The van der Waals surface area contributed by atoms with Crippen LogP contribution in [-0.4, -0.2) is 40.4 Å². The predicted molar refractivity (Wildman–Crippen MR) is 127 cm³/mol. The van der Waals surface area contributed by atoms with Crippen molar-refractivity contribution in [3.63, 3.8) is 0 Å². The normalized spacial score (nSPS) is 19.5. The van der Waals surface area contributed by atoms with E-state index in [0.717, 1.165) is 50.9 Å². The lowest BCUT2D eigenvalue weighted by Crippen LogP contribution is -2.42.